The molecule has 0 amide bonds. The number of aryl methyl sites for hydroxylation is 2. The molecule has 2 N–H and O–H groups in total. The van der Waals surface area contributed by atoms with Gasteiger partial charge in [0.05, 0.1) is 0 Å². The average molecular weight is 450 g/mol. The smallest absolute Gasteiger partial charge is 0.168 e. The summed E-state index contributed by atoms with van der Waals surface area (Å²) >= 11 is 5.15. The number of rotatable bonds is 5. The number of carbonyl (C=O) groups excluding carboxylic acids is 1. The van der Waals surface area contributed by atoms with Gasteiger partial charge >= 0.3 is 0 Å². The van der Waals surface area contributed by atoms with Crippen LogP contribution < -0.4 is 10.1 Å². The van der Waals surface area contributed by atoms with E-state index in [1.165, 1.54) is 9.75 Å². The molecule has 0 spiro atoms. The molecule has 1 aromatic heterocycles. The van der Waals surface area contributed by atoms with Gasteiger partial charge in [-0.05, 0) is 62.9 Å². The molecule has 2 aliphatic carbocycles. The number of fused-ring (bicyclic) bond motifs is 1. The minimum absolute atomic E-state index is 0.00476. The molecule has 4 nitrogen and oxygen atoms in total. The Kier molecular flexibility index (Phi) is 5.69. The summed E-state index contributed by atoms with van der Waals surface area (Å²) in [7, 11) is 0. The van der Waals surface area contributed by atoms with Crippen molar-refractivity contribution in [2.45, 2.75) is 50.9 Å². The zero-order chi connectivity index (χ0) is 19.0. The Hall–Kier alpha value is -1.21. The van der Waals surface area contributed by atoms with E-state index in [-0.39, 0.29) is 23.8 Å². The number of hydrogen-bond acceptors (Lipinski definition) is 5. The van der Waals surface area contributed by atoms with Crippen molar-refractivity contribution >= 4 is 33.0 Å². The summed E-state index contributed by atoms with van der Waals surface area (Å²) in [4.78, 5) is 15.2. The summed E-state index contributed by atoms with van der Waals surface area (Å²) in [6.07, 6.45) is 2.76. The Morgan fingerprint density at radius 1 is 1.26 bits per heavy atom. The fourth-order valence-electron chi connectivity index (χ4n) is 4.09. The molecule has 1 saturated carbocycles. The third-order valence-corrected chi connectivity index (χ3v) is 7.21. The lowest BCUT2D eigenvalue weighted by atomic mass is 9.87. The van der Waals surface area contributed by atoms with Gasteiger partial charge in [-0.15, -0.1) is 11.3 Å². The number of aliphatic hydroxyl groups excluding tert-OH is 1. The minimum atomic E-state index is -0.564. The first-order valence-electron chi connectivity index (χ1n) is 9.48. The third-order valence-electron chi connectivity index (χ3n) is 5.57. The molecule has 1 heterocycles. The summed E-state index contributed by atoms with van der Waals surface area (Å²) in [6.45, 7) is 2.68. The number of thiophene rings is 1. The lowest BCUT2D eigenvalue weighted by molar-refractivity contribution is 0.0441. The van der Waals surface area contributed by atoms with Crippen molar-refractivity contribution in [1.29, 1.82) is 0 Å². The highest BCUT2D eigenvalue weighted by Crippen LogP contribution is 2.32. The lowest BCUT2D eigenvalue weighted by Crippen LogP contribution is -2.44. The molecule has 0 aliphatic heterocycles. The summed E-state index contributed by atoms with van der Waals surface area (Å²) in [5.74, 6) is 1.03. The number of ether oxygens (including phenoxy) is 1. The van der Waals surface area contributed by atoms with Crippen LogP contribution in [0.1, 0.15) is 39.4 Å². The number of Topliss-reactive ketones (excluding diaryl/α,β-unsaturated/α-hetero) is 1. The van der Waals surface area contributed by atoms with Gasteiger partial charge in [0, 0.05) is 38.3 Å². The van der Waals surface area contributed by atoms with E-state index >= 15 is 0 Å². The van der Waals surface area contributed by atoms with Crippen LogP contribution >= 0.6 is 27.3 Å². The molecule has 6 heteroatoms. The van der Waals surface area contributed by atoms with Crippen molar-refractivity contribution in [2.75, 3.05) is 6.54 Å². The molecule has 4 rings (SSSR count). The normalized spacial score (nSPS) is 27.6. The Morgan fingerprint density at radius 3 is 2.81 bits per heavy atom. The van der Waals surface area contributed by atoms with E-state index < -0.39 is 6.10 Å². The van der Waals surface area contributed by atoms with E-state index in [0.29, 0.717) is 6.54 Å². The minimum Gasteiger partial charge on any atom is -0.488 e. The fourth-order valence-corrected chi connectivity index (χ4v) is 5.40. The van der Waals surface area contributed by atoms with Gasteiger partial charge in [0.25, 0.3) is 0 Å². The van der Waals surface area contributed by atoms with Gasteiger partial charge in [-0.3, -0.25) is 4.79 Å². The topological polar surface area (TPSA) is 58.6 Å². The second-order valence-electron chi connectivity index (χ2n) is 7.49. The first-order chi connectivity index (χ1) is 13.0. The van der Waals surface area contributed by atoms with Gasteiger partial charge in [-0.2, -0.15) is 0 Å². The van der Waals surface area contributed by atoms with Crippen molar-refractivity contribution in [2.24, 2.45) is 5.92 Å². The fraction of sp³-hybridized carbons (Fsp3) is 0.476. The van der Waals surface area contributed by atoms with Crippen molar-refractivity contribution < 1.29 is 14.6 Å². The Bertz CT molecular complexity index is 819. The number of benzene rings is 1. The predicted molar refractivity (Wildman–Crippen MR) is 111 cm³/mol. The summed E-state index contributed by atoms with van der Waals surface area (Å²) in [5.41, 5.74) is 0.916. The molecule has 144 valence electrons. The van der Waals surface area contributed by atoms with Gasteiger partial charge < -0.3 is 15.2 Å². The van der Waals surface area contributed by atoms with Gasteiger partial charge in [-0.25, -0.2) is 0 Å². The molecular weight excluding hydrogens is 426 g/mol. The maximum atomic E-state index is 12.7. The molecule has 2 aromatic rings. The third kappa shape index (κ3) is 4.14. The Balaban J connectivity index is 1.31. The number of halogens is 1. The average Bonchev–Trinajstić information content (AvgIpc) is 3.20. The number of nitrogens with one attached hydrogen (secondary N) is 1. The van der Waals surface area contributed by atoms with Crippen LogP contribution in [0.5, 0.6) is 5.75 Å². The molecule has 1 aromatic carbocycles. The molecule has 0 radical (unpaired) electrons. The van der Waals surface area contributed by atoms with Crippen molar-refractivity contribution in [3.63, 3.8) is 0 Å². The Morgan fingerprint density at radius 2 is 2.04 bits per heavy atom. The van der Waals surface area contributed by atoms with Crippen LogP contribution in [0.3, 0.4) is 0 Å². The van der Waals surface area contributed by atoms with E-state index in [2.05, 4.69) is 28.2 Å². The molecule has 1 fully saturated rings. The van der Waals surface area contributed by atoms with E-state index in [9.17, 15) is 9.90 Å². The second-order valence-corrected chi connectivity index (χ2v) is 9.74. The quantitative estimate of drug-likeness (QED) is 0.720. The van der Waals surface area contributed by atoms with Gasteiger partial charge in [0.15, 0.2) is 5.78 Å². The van der Waals surface area contributed by atoms with Crippen molar-refractivity contribution in [3.05, 3.63) is 50.1 Å². The van der Waals surface area contributed by atoms with E-state index in [1.54, 1.807) is 11.3 Å². The van der Waals surface area contributed by atoms with Crippen LogP contribution in [0.4, 0.5) is 0 Å². The maximum absolute atomic E-state index is 12.7. The standard InChI is InChI=1S/C21H24BrNO3S/c1-12-10-16-19(27-12)9-2-13(20(16)24)11-23-17-7-8-18(21(17)25)26-15-5-3-14(22)4-6-15/h3-6,10,13,17-18,21,23,25H,2,7-9,11H2,1H3. The van der Waals surface area contributed by atoms with Crippen LogP contribution in [0.25, 0.3) is 0 Å². The van der Waals surface area contributed by atoms with Gasteiger partial charge in [0.1, 0.15) is 18.0 Å². The van der Waals surface area contributed by atoms with E-state index in [0.717, 1.165) is 41.5 Å². The zero-order valence-electron chi connectivity index (χ0n) is 15.3. The zero-order valence-corrected chi connectivity index (χ0v) is 17.7. The van der Waals surface area contributed by atoms with Gasteiger partial charge in [0.2, 0.25) is 0 Å². The summed E-state index contributed by atoms with van der Waals surface area (Å²) in [5, 5.41) is 14.1. The molecule has 0 bridgehead atoms. The highest BCUT2D eigenvalue weighted by Gasteiger charge is 2.37. The number of ketones is 1. The predicted octanol–water partition coefficient (Wildman–Crippen LogP) is 4.12. The molecule has 27 heavy (non-hydrogen) atoms. The van der Waals surface area contributed by atoms with Crippen molar-refractivity contribution in [3.8, 4) is 5.75 Å². The molecule has 4 atom stereocenters. The van der Waals surface area contributed by atoms with Crippen LogP contribution in [0, 0.1) is 12.8 Å². The lowest BCUT2D eigenvalue weighted by Gasteiger charge is -2.25. The summed E-state index contributed by atoms with van der Waals surface area (Å²) in [6, 6.07) is 9.67. The molecule has 2 aliphatic rings. The SMILES string of the molecule is Cc1cc2c(s1)CCC(CNC1CCC(Oc3ccc(Br)cc3)C1O)C2=O. The molecule has 0 saturated heterocycles. The largest absolute Gasteiger partial charge is 0.488 e. The van der Waals surface area contributed by atoms with E-state index in [4.69, 9.17) is 4.74 Å². The van der Waals surface area contributed by atoms with Gasteiger partial charge in [-0.1, -0.05) is 15.9 Å². The first kappa shape index (κ1) is 19.1. The molecule has 4 unspecified atom stereocenters. The Labute approximate surface area is 172 Å². The van der Waals surface area contributed by atoms with Crippen LogP contribution in [0.15, 0.2) is 34.8 Å². The van der Waals surface area contributed by atoms with Crippen molar-refractivity contribution in [1.82, 2.24) is 5.32 Å². The second kappa shape index (κ2) is 8.03. The number of hydrogen-bond donors (Lipinski definition) is 2. The van der Waals surface area contributed by atoms with Crippen LogP contribution in [0.2, 0.25) is 0 Å². The molecular formula is C21H24BrNO3S. The monoisotopic (exact) mass is 449 g/mol. The van der Waals surface area contributed by atoms with Crippen LogP contribution in [-0.4, -0.2) is 35.7 Å². The summed E-state index contributed by atoms with van der Waals surface area (Å²) < 4.78 is 6.96. The van der Waals surface area contributed by atoms with Crippen LogP contribution in [-0.2, 0) is 6.42 Å². The number of aliphatic hydroxyl groups is 1. The van der Waals surface area contributed by atoms with E-state index in [1.807, 2.05) is 30.3 Å². The maximum Gasteiger partial charge on any atom is 0.168 e. The highest BCUT2D eigenvalue weighted by atomic mass is 79.9. The highest BCUT2D eigenvalue weighted by molar-refractivity contribution is 9.10. The first-order valence-corrected chi connectivity index (χ1v) is 11.1. The number of carbonyl (C=O) groups is 1.